The maximum absolute atomic E-state index is 6.40. The number of nitrogens with one attached hydrogen (secondary N) is 1. The summed E-state index contributed by atoms with van der Waals surface area (Å²) in [5.74, 6) is 2.07. The van der Waals surface area contributed by atoms with Gasteiger partial charge in [0, 0.05) is 13.1 Å². The Labute approximate surface area is 152 Å². The zero-order valence-electron chi connectivity index (χ0n) is 14.6. The van der Waals surface area contributed by atoms with Crippen molar-refractivity contribution in [1.29, 1.82) is 0 Å². The van der Waals surface area contributed by atoms with Crippen LogP contribution in [-0.4, -0.2) is 23.6 Å². The molecular formula is C20H21N5O. The molecule has 132 valence electrons. The van der Waals surface area contributed by atoms with Crippen LogP contribution in [0.5, 0.6) is 5.75 Å². The van der Waals surface area contributed by atoms with E-state index in [1.165, 1.54) is 11.1 Å². The summed E-state index contributed by atoms with van der Waals surface area (Å²) < 4.78 is 5.39. The lowest BCUT2D eigenvalue weighted by atomic mass is 10.00. The highest BCUT2D eigenvalue weighted by Crippen LogP contribution is 2.33. The predicted octanol–water partition coefficient (Wildman–Crippen LogP) is 3.37. The van der Waals surface area contributed by atoms with Gasteiger partial charge in [0.25, 0.3) is 0 Å². The van der Waals surface area contributed by atoms with E-state index in [1.807, 2.05) is 24.3 Å². The highest BCUT2D eigenvalue weighted by atomic mass is 16.5. The number of anilines is 4. The van der Waals surface area contributed by atoms with Gasteiger partial charge in [-0.2, -0.15) is 0 Å². The number of nitrogen functional groups attached to an aromatic ring is 1. The maximum atomic E-state index is 6.40. The minimum Gasteiger partial charge on any atom is -0.495 e. The summed E-state index contributed by atoms with van der Waals surface area (Å²) in [7, 11) is 1.64. The quantitative estimate of drug-likeness (QED) is 0.753. The molecule has 3 N–H and O–H groups in total. The van der Waals surface area contributed by atoms with Crippen LogP contribution in [-0.2, 0) is 13.0 Å². The van der Waals surface area contributed by atoms with Gasteiger partial charge in [-0.05, 0) is 29.7 Å². The van der Waals surface area contributed by atoms with Crippen molar-refractivity contribution in [2.75, 3.05) is 29.6 Å². The lowest BCUT2D eigenvalue weighted by molar-refractivity contribution is 0.417. The predicted molar refractivity (Wildman–Crippen MR) is 104 cm³/mol. The third-order valence-electron chi connectivity index (χ3n) is 4.65. The van der Waals surface area contributed by atoms with Gasteiger partial charge < -0.3 is 20.7 Å². The fourth-order valence-corrected chi connectivity index (χ4v) is 3.29. The maximum Gasteiger partial charge on any atom is 0.159 e. The molecule has 0 fully saturated rings. The van der Waals surface area contributed by atoms with Crippen molar-refractivity contribution < 1.29 is 4.74 Å². The summed E-state index contributed by atoms with van der Waals surface area (Å²) in [6.45, 7) is 1.68. The van der Waals surface area contributed by atoms with Crippen molar-refractivity contribution in [3.05, 3.63) is 66.0 Å². The molecule has 0 radical (unpaired) electrons. The number of aromatic nitrogens is 2. The molecule has 1 aromatic heterocycles. The molecule has 0 atom stereocenters. The molecule has 0 unspecified atom stereocenters. The second-order valence-electron chi connectivity index (χ2n) is 6.23. The molecule has 0 aliphatic carbocycles. The Kier molecular flexibility index (Phi) is 4.31. The highest BCUT2D eigenvalue weighted by molar-refractivity contribution is 5.79. The number of methoxy groups -OCH3 is 1. The van der Waals surface area contributed by atoms with E-state index >= 15 is 0 Å². The minimum absolute atomic E-state index is 0.540. The van der Waals surface area contributed by atoms with Gasteiger partial charge in [0.2, 0.25) is 0 Å². The lowest BCUT2D eigenvalue weighted by Crippen LogP contribution is -2.31. The van der Waals surface area contributed by atoms with E-state index in [9.17, 15) is 0 Å². The first-order valence-electron chi connectivity index (χ1n) is 8.58. The smallest absolute Gasteiger partial charge is 0.159 e. The number of hydrogen-bond acceptors (Lipinski definition) is 6. The summed E-state index contributed by atoms with van der Waals surface area (Å²) in [6, 6.07) is 16.2. The van der Waals surface area contributed by atoms with Crippen molar-refractivity contribution in [1.82, 2.24) is 9.97 Å². The number of benzene rings is 2. The van der Waals surface area contributed by atoms with E-state index in [0.29, 0.717) is 11.5 Å². The van der Waals surface area contributed by atoms with Crippen LogP contribution in [0.25, 0.3) is 0 Å². The molecule has 3 aromatic rings. The molecule has 1 aliphatic rings. The van der Waals surface area contributed by atoms with Crippen LogP contribution in [0.15, 0.2) is 54.9 Å². The van der Waals surface area contributed by atoms with Gasteiger partial charge in [-0.1, -0.05) is 36.4 Å². The fourth-order valence-electron chi connectivity index (χ4n) is 3.29. The average Bonchev–Trinajstić information content (AvgIpc) is 2.69. The normalized spacial score (nSPS) is 13.2. The Balaban J connectivity index is 1.62. The molecular weight excluding hydrogens is 326 g/mol. The highest BCUT2D eigenvalue weighted by Gasteiger charge is 2.21. The third kappa shape index (κ3) is 3.01. The van der Waals surface area contributed by atoms with Gasteiger partial charge in [0.1, 0.15) is 17.8 Å². The fraction of sp³-hybridized carbons (Fsp3) is 0.200. The van der Waals surface area contributed by atoms with Crippen LogP contribution in [0.2, 0.25) is 0 Å². The summed E-state index contributed by atoms with van der Waals surface area (Å²) in [5.41, 5.74) is 10.5. The zero-order chi connectivity index (χ0) is 17.9. The van der Waals surface area contributed by atoms with Crippen LogP contribution in [0.4, 0.5) is 23.0 Å². The molecule has 0 saturated carbocycles. The molecule has 2 heterocycles. The van der Waals surface area contributed by atoms with E-state index in [0.717, 1.165) is 36.8 Å². The number of ether oxygens (including phenoxy) is 1. The second-order valence-corrected chi connectivity index (χ2v) is 6.23. The molecule has 0 amide bonds. The van der Waals surface area contributed by atoms with E-state index in [1.54, 1.807) is 13.4 Å². The average molecular weight is 347 g/mol. The summed E-state index contributed by atoms with van der Waals surface area (Å²) in [6.07, 6.45) is 2.53. The number of para-hydroxylation sites is 2. The SMILES string of the molecule is COc1ccccc1Nc1ncnc(N2CCc3ccccc3C2)c1N. The monoisotopic (exact) mass is 347 g/mol. The first kappa shape index (κ1) is 16.2. The number of rotatable bonds is 4. The van der Waals surface area contributed by atoms with Crippen molar-refractivity contribution in [2.45, 2.75) is 13.0 Å². The Morgan fingerprint density at radius 1 is 1.04 bits per heavy atom. The van der Waals surface area contributed by atoms with Gasteiger partial charge in [-0.3, -0.25) is 0 Å². The number of nitrogens with two attached hydrogens (primary N) is 1. The number of nitrogens with zero attached hydrogens (tertiary/aromatic N) is 3. The Morgan fingerprint density at radius 2 is 1.81 bits per heavy atom. The van der Waals surface area contributed by atoms with Gasteiger partial charge in [0.05, 0.1) is 12.8 Å². The zero-order valence-corrected chi connectivity index (χ0v) is 14.6. The summed E-state index contributed by atoms with van der Waals surface area (Å²) in [4.78, 5) is 11.0. The molecule has 0 spiro atoms. The molecule has 6 nitrogen and oxygen atoms in total. The summed E-state index contributed by atoms with van der Waals surface area (Å²) >= 11 is 0. The Morgan fingerprint density at radius 3 is 2.65 bits per heavy atom. The molecule has 0 saturated heterocycles. The summed E-state index contributed by atoms with van der Waals surface area (Å²) in [5, 5.41) is 3.26. The number of hydrogen-bond donors (Lipinski definition) is 2. The van der Waals surface area contributed by atoms with Crippen molar-refractivity contribution in [3.63, 3.8) is 0 Å². The lowest BCUT2D eigenvalue weighted by Gasteiger charge is -2.30. The molecule has 4 rings (SSSR count). The molecule has 0 bridgehead atoms. The van der Waals surface area contributed by atoms with Crippen LogP contribution in [0.1, 0.15) is 11.1 Å². The first-order valence-corrected chi connectivity index (χ1v) is 8.58. The topological polar surface area (TPSA) is 76.3 Å². The second kappa shape index (κ2) is 6.92. The Bertz CT molecular complexity index is 928. The van der Waals surface area contributed by atoms with E-state index < -0.39 is 0 Å². The van der Waals surface area contributed by atoms with Crippen LogP contribution in [0, 0.1) is 0 Å². The van der Waals surface area contributed by atoms with Crippen molar-refractivity contribution in [2.24, 2.45) is 0 Å². The van der Waals surface area contributed by atoms with Crippen LogP contribution in [0.3, 0.4) is 0 Å². The van der Waals surface area contributed by atoms with E-state index in [2.05, 4.69) is 44.5 Å². The molecule has 2 aromatic carbocycles. The van der Waals surface area contributed by atoms with Gasteiger partial charge in [-0.25, -0.2) is 9.97 Å². The van der Waals surface area contributed by atoms with Crippen molar-refractivity contribution in [3.8, 4) is 5.75 Å². The van der Waals surface area contributed by atoms with Crippen LogP contribution < -0.4 is 20.7 Å². The van der Waals surface area contributed by atoms with Gasteiger partial charge in [-0.15, -0.1) is 0 Å². The number of fused-ring (bicyclic) bond motifs is 1. The third-order valence-corrected chi connectivity index (χ3v) is 4.65. The standard InChI is InChI=1S/C20H21N5O/c1-26-17-9-5-4-8-16(17)24-19-18(21)20(23-13-22-19)25-11-10-14-6-2-3-7-15(14)12-25/h2-9,13H,10-12,21H2,1H3,(H,22,23,24). The van der Waals surface area contributed by atoms with E-state index in [-0.39, 0.29) is 0 Å². The molecule has 1 aliphatic heterocycles. The van der Waals surface area contributed by atoms with Gasteiger partial charge in [0.15, 0.2) is 11.6 Å². The molecule has 6 heteroatoms. The molecule has 26 heavy (non-hydrogen) atoms. The van der Waals surface area contributed by atoms with E-state index in [4.69, 9.17) is 10.5 Å². The Hall–Kier alpha value is -3.28. The van der Waals surface area contributed by atoms with Crippen molar-refractivity contribution >= 4 is 23.0 Å². The first-order chi connectivity index (χ1) is 12.8. The minimum atomic E-state index is 0.540. The van der Waals surface area contributed by atoms with Gasteiger partial charge >= 0.3 is 0 Å². The largest absolute Gasteiger partial charge is 0.495 e. The van der Waals surface area contributed by atoms with Crippen LogP contribution >= 0.6 is 0 Å².